The molecule has 2 aromatic carbocycles. The molecule has 2 heterocycles. The zero-order chi connectivity index (χ0) is 20.1. The van der Waals surface area contributed by atoms with Crippen LogP contribution in [0.2, 0.25) is 5.15 Å². The van der Waals surface area contributed by atoms with E-state index in [2.05, 4.69) is 30.6 Å². The van der Waals surface area contributed by atoms with Crippen molar-refractivity contribution in [2.45, 2.75) is 13.3 Å². The molecular formula is C22H19ClN6. The molecule has 4 rings (SSSR count). The van der Waals surface area contributed by atoms with E-state index in [-0.39, 0.29) is 0 Å². The molecule has 29 heavy (non-hydrogen) atoms. The number of nitrogens with one attached hydrogen (secondary N) is 2. The first-order chi connectivity index (χ1) is 14.2. The van der Waals surface area contributed by atoms with Crippen LogP contribution in [0.15, 0.2) is 73.1 Å². The fourth-order valence-electron chi connectivity index (χ4n) is 2.81. The van der Waals surface area contributed by atoms with E-state index in [9.17, 15) is 0 Å². The van der Waals surface area contributed by atoms with E-state index in [1.807, 2.05) is 67.6 Å². The topological polar surface area (TPSA) is 75.6 Å². The molecule has 0 unspecified atom stereocenters. The number of nitrogens with zero attached hydrogens (tertiary/aromatic N) is 4. The van der Waals surface area contributed by atoms with E-state index in [0.717, 1.165) is 34.9 Å². The van der Waals surface area contributed by atoms with Gasteiger partial charge >= 0.3 is 0 Å². The first kappa shape index (κ1) is 18.8. The summed E-state index contributed by atoms with van der Waals surface area (Å²) in [6.07, 6.45) is 2.28. The summed E-state index contributed by atoms with van der Waals surface area (Å²) >= 11 is 6.05. The zero-order valence-electron chi connectivity index (χ0n) is 15.8. The molecule has 0 aliphatic carbocycles. The van der Waals surface area contributed by atoms with Crippen LogP contribution in [0, 0.1) is 0 Å². The van der Waals surface area contributed by atoms with Crippen LogP contribution < -0.4 is 10.6 Å². The highest BCUT2D eigenvalue weighted by atomic mass is 35.5. The van der Waals surface area contributed by atoms with Crippen molar-refractivity contribution < 1.29 is 0 Å². The Bertz CT molecular complexity index is 1100. The lowest BCUT2D eigenvalue weighted by molar-refractivity contribution is 0.943. The Hall–Kier alpha value is -3.51. The molecule has 144 valence electrons. The molecular weight excluding hydrogens is 384 g/mol. The monoisotopic (exact) mass is 402 g/mol. The minimum absolute atomic E-state index is 0.426. The molecule has 7 heteroatoms. The smallest absolute Gasteiger partial charge is 0.135 e. The Morgan fingerprint density at radius 3 is 2.17 bits per heavy atom. The van der Waals surface area contributed by atoms with Gasteiger partial charge in [-0.1, -0.05) is 48.9 Å². The van der Waals surface area contributed by atoms with Gasteiger partial charge in [0.15, 0.2) is 0 Å². The molecule has 0 aliphatic heterocycles. The summed E-state index contributed by atoms with van der Waals surface area (Å²) in [5.74, 6) is 2.11. The molecule has 0 aliphatic rings. The fourth-order valence-corrected chi connectivity index (χ4v) is 3.01. The molecule has 0 fully saturated rings. The molecule has 2 N–H and O–H groups in total. The van der Waals surface area contributed by atoms with Crippen LogP contribution in [0.4, 0.5) is 23.0 Å². The molecule has 0 amide bonds. The Balaban J connectivity index is 1.47. The average Bonchev–Trinajstić information content (AvgIpc) is 2.75. The second-order valence-electron chi connectivity index (χ2n) is 6.33. The first-order valence-electron chi connectivity index (χ1n) is 9.24. The SMILES string of the molecule is CCc1nc(Cl)cc(Nc2ccc(Nc3cc(-c4ccccc4)ncn3)cc2)n1. The molecule has 0 radical (unpaired) electrons. The lowest BCUT2D eigenvalue weighted by Gasteiger charge is -2.10. The summed E-state index contributed by atoms with van der Waals surface area (Å²) in [5, 5.41) is 6.99. The van der Waals surface area contributed by atoms with Crippen LogP contribution in [0.3, 0.4) is 0 Å². The molecule has 0 atom stereocenters. The second kappa shape index (κ2) is 8.67. The van der Waals surface area contributed by atoms with E-state index in [1.54, 1.807) is 12.4 Å². The summed E-state index contributed by atoms with van der Waals surface area (Å²) in [7, 11) is 0. The predicted octanol–water partition coefficient (Wildman–Crippen LogP) is 5.64. The van der Waals surface area contributed by atoms with Gasteiger partial charge in [0.25, 0.3) is 0 Å². The number of anilines is 4. The van der Waals surface area contributed by atoms with Gasteiger partial charge in [-0.15, -0.1) is 0 Å². The Labute approximate surface area is 174 Å². The van der Waals surface area contributed by atoms with Crippen LogP contribution >= 0.6 is 11.6 Å². The highest BCUT2D eigenvalue weighted by Crippen LogP contribution is 2.23. The van der Waals surface area contributed by atoms with Crippen molar-refractivity contribution in [1.82, 2.24) is 19.9 Å². The van der Waals surface area contributed by atoms with Crippen molar-refractivity contribution in [3.8, 4) is 11.3 Å². The van der Waals surface area contributed by atoms with Gasteiger partial charge in [0.1, 0.15) is 28.9 Å². The van der Waals surface area contributed by atoms with Crippen molar-refractivity contribution in [2.24, 2.45) is 0 Å². The summed E-state index contributed by atoms with van der Waals surface area (Å²) in [6.45, 7) is 1.99. The van der Waals surface area contributed by atoms with E-state index in [4.69, 9.17) is 11.6 Å². The third kappa shape index (κ3) is 4.86. The van der Waals surface area contributed by atoms with Crippen LogP contribution in [-0.2, 0) is 6.42 Å². The van der Waals surface area contributed by atoms with E-state index >= 15 is 0 Å². The number of hydrogen-bond donors (Lipinski definition) is 2. The Morgan fingerprint density at radius 2 is 1.48 bits per heavy atom. The van der Waals surface area contributed by atoms with Crippen LogP contribution in [0.5, 0.6) is 0 Å². The molecule has 0 bridgehead atoms. The molecule has 2 aromatic heterocycles. The molecule has 4 aromatic rings. The van der Waals surface area contributed by atoms with Crippen molar-refractivity contribution in [3.63, 3.8) is 0 Å². The predicted molar refractivity (Wildman–Crippen MR) is 117 cm³/mol. The minimum atomic E-state index is 0.426. The third-order valence-electron chi connectivity index (χ3n) is 4.22. The normalized spacial score (nSPS) is 10.6. The standard InChI is InChI=1S/C22H19ClN6/c1-2-20-28-19(23)13-22(29-20)27-17-10-8-16(9-11-17)26-21-12-18(24-14-25-21)15-6-4-3-5-7-15/h3-14H,2H2,1H3,(H,24,25,26)(H,27,28,29). The van der Waals surface area contributed by atoms with Gasteiger partial charge in [-0.05, 0) is 24.3 Å². The molecule has 0 saturated heterocycles. The van der Waals surface area contributed by atoms with Crippen molar-refractivity contribution >= 4 is 34.6 Å². The van der Waals surface area contributed by atoms with Crippen molar-refractivity contribution in [3.05, 3.63) is 84.0 Å². The molecule has 6 nitrogen and oxygen atoms in total. The summed E-state index contributed by atoms with van der Waals surface area (Å²) in [6, 6.07) is 21.5. The minimum Gasteiger partial charge on any atom is -0.340 e. The van der Waals surface area contributed by atoms with Crippen molar-refractivity contribution in [2.75, 3.05) is 10.6 Å². The molecule has 0 saturated carbocycles. The lowest BCUT2D eigenvalue weighted by Crippen LogP contribution is -2.00. The van der Waals surface area contributed by atoms with Crippen LogP contribution in [-0.4, -0.2) is 19.9 Å². The van der Waals surface area contributed by atoms with E-state index < -0.39 is 0 Å². The van der Waals surface area contributed by atoms with Gasteiger partial charge in [-0.2, -0.15) is 0 Å². The number of aromatic nitrogens is 4. The number of benzene rings is 2. The van der Waals surface area contributed by atoms with Crippen molar-refractivity contribution in [1.29, 1.82) is 0 Å². The van der Waals surface area contributed by atoms with Crippen LogP contribution in [0.1, 0.15) is 12.7 Å². The fraction of sp³-hybridized carbons (Fsp3) is 0.0909. The van der Waals surface area contributed by atoms with E-state index in [1.165, 1.54) is 0 Å². The lowest BCUT2D eigenvalue weighted by atomic mass is 10.1. The highest BCUT2D eigenvalue weighted by molar-refractivity contribution is 6.29. The van der Waals surface area contributed by atoms with Gasteiger partial charge < -0.3 is 10.6 Å². The highest BCUT2D eigenvalue weighted by Gasteiger charge is 2.04. The average molecular weight is 403 g/mol. The van der Waals surface area contributed by atoms with Gasteiger partial charge in [0.05, 0.1) is 5.69 Å². The largest absolute Gasteiger partial charge is 0.340 e. The number of aryl methyl sites for hydroxylation is 1. The number of rotatable bonds is 6. The van der Waals surface area contributed by atoms with Gasteiger partial charge in [0.2, 0.25) is 0 Å². The Kier molecular flexibility index (Phi) is 5.63. The second-order valence-corrected chi connectivity index (χ2v) is 6.71. The van der Waals surface area contributed by atoms with E-state index in [0.29, 0.717) is 16.8 Å². The maximum absolute atomic E-state index is 6.05. The first-order valence-corrected chi connectivity index (χ1v) is 9.62. The summed E-state index contributed by atoms with van der Waals surface area (Å²) in [4.78, 5) is 17.3. The summed E-state index contributed by atoms with van der Waals surface area (Å²) in [5.41, 5.74) is 3.74. The zero-order valence-corrected chi connectivity index (χ0v) is 16.6. The van der Waals surface area contributed by atoms with Gasteiger partial charge in [-0.25, -0.2) is 19.9 Å². The third-order valence-corrected chi connectivity index (χ3v) is 4.42. The quantitative estimate of drug-likeness (QED) is 0.406. The number of halogens is 1. The Morgan fingerprint density at radius 1 is 0.793 bits per heavy atom. The van der Waals surface area contributed by atoms with Gasteiger partial charge in [-0.3, -0.25) is 0 Å². The molecule has 0 spiro atoms. The maximum Gasteiger partial charge on any atom is 0.135 e. The number of hydrogen-bond acceptors (Lipinski definition) is 6. The maximum atomic E-state index is 6.05. The van der Waals surface area contributed by atoms with Crippen LogP contribution in [0.25, 0.3) is 11.3 Å². The summed E-state index contributed by atoms with van der Waals surface area (Å²) < 4.78 is 0. The van der Waals surface area contributed by atoms with Gasteiger partial charge in [0, 0.05) is 35.5 Å².